The maximum atomic E-state index is 12.7. The molecule has 0 aliphatic rings. The highest BCUT2D eigenvalue weighted by atomic mass is 127. The number of aromatic nitrogens is 2. The van der Waals surface area contributed by atoms with Crippen molar-refractivity contribution in [3.8, 4) is 0 Å². The van der Waals surface area contributed by atoms with Gasteiger partial charge in [0.2, 0.25) is 16.8 Å². The van der Waals surface area contributed by atoms with Gasteiger partial charge in [-0.15, -0.1) is 0 Å². The normalized spacial score (nSPS) is 11.1. The molecular weight excluding hydrogens is 641 g/mol. The Hall–Kier alpha value is -3.50. The molecule has 0 aliphatic heterocycles. The average molecular weight is 669 g/mol. The van der Waals surface area contributed by atoms with Crippen molar-refractivity contribution < 1.29 is 33.0 Å². The molecule has 3 N–H and O–H groups in total. The average Bonchev–Trinajstić information content (AvgIpc) is 3.29. The van der Waals surface area contributed by atoms with Crippen LogP contribution in [-0.2, 0) is 51.3 Å². The maximum absolute atomic E-state index is 12.7. The van der Waals surface area contributed by atoms with Crippen LogP contribution in [0.5, 0.6) is 0 Å². The van der Waals surface area contributed by atoms with Gasteiger partial charge in [-0.1, -0.05) is 24.3 Å². The van der Waals surface area contributed by atoms with Gasteiger partial charge in [-0.25, -0.2) is 13.4 Å². The summed E-state index contributed by atoms with van der Waals surface area (Å²) >= 11 is 2.24. The molecule has 0 spiro atoms. The van der Waals surface area contributed by atoms with Gasteiger partial charge in [0.05, 0.1) is 6.54 Å². The molecule has 0 aliphatic carbocycles. The number of thiol groups is 1. The van der Waals surface area contributed by atoms with E-state index in [2.05, 4.69) is 37.2 Å². The van der Waals surface area contributed by atoms with Crippen molar-refractivity contribution in [2.24, 2.45) is 0 Å². The molecule has 12 nitrogen and oxygen atoms in total. The van der Waals surface area contributed by atoms with Crippen molar-refractivity contribution in [3.63, 3.8) is 0 Å². The van der Waals surface area contributed by atoms with E-state index in [1.54, 1.807) is 22.9 Å². The Labute approximate surface area is 240 Å². The lowest BCUT2D eigenvalue weighted by Gasteiger charge is -2.24. The first-order valence-electron chi connectivity index (χ1n) is 11.8. The smallest absolute Gasteiger partial charge is 0.323 e. The van der Waals surface area contributed by atoms with E-state index >= 15 is 0 Å². The molecule has 0 saturated carbocycles. The molecule has 2 aromatic carbocycles. The van der Waals surface area contributed by atoms with E-state index in [9.17, 15) is 22.8 Å². The topological polar surface area (TPSA) is 162 Å². The third-order valence-corrected chi connectivity index (χ3v) is 6.85. The third kappa shape index (κ3) is 10.3. The van der Waals surface area contributed by atoms with Crippen molar-refractivity contribution in [2.75, 3.05) is 24.4 Å². The van der Waals surface area contributed by atoms with E-state index in [-0.39, 0.29) is 6.54 Å². The Morgan fingerprint density at radius 1 is 0.923 bits per heavy atom. The molecule has 0 atom stereocenters. The number of imidazole rings is 1. The summed E-state index contributed by atoms with van der Waals surface area (Å²) < 4.78 is 26.8. The first-order valence-corrected chi connectivity index (χ1v) is 14.0. The minimum Gasteiger partial charge on any atom is -0.480 e. The fourth-order valence-electron chi connectivity index (χ4n) is 3.84. The van der Waals surface area contributed by atoms with Crippen LogP contribution in [0.2, 0.25) is 0 Å². The van der Waals surface area contributed by atoms with Crippen LogP contribution >= 0.6 is 22.6 Å². The lowest BCUT2D eigenvalue weighted by Crippen LogP contribution is -2.41. The molecule has 0 radical (unpaired) electrons. The highest BCUT2D eigenvalue weighted by molar-refractivity contribution is 14.1. The van der Waals surface area contributed by atoms with Gasteiger partial charge < -0.3 is 19.7 Å². The van der Waals surface area contributed by atoms with E-state index in [0.29, 0.717) is 37.6 Å². The number of aliphatic carboxylic acids is 2. The van der Waals surface area contributed by atoms with E-state index < -0.39 is 41.8 Å². The summed E-state index contributed by atoms with van der Waals surface area (Å²) in [6.07, 6.45) is 3.80. The molecule has 208 valence electrons. The van der Waals surface area contributed by atoms with Gasteiger partial charge in [-0.05, 0) is 64.4 Å². The van der Waals surface area contributed by atoms with Crippen molar-refractivity contribution in [3.05, 3.63) is 81.4 Å². The van der Waals surface area contributed by atoms with Crippen molar-refractivity contribution in [1.82, 2.24) is 19.4 Å². The monoisotopic (exact) mass is 669 g/mol. The second-order valence-corrected chi connectivity index (χ2v) is 10.6. The lowest BCUT2D eigenvalue weighted by atomic mass is 10.1. The van der Waals surface area contributed by atoms with Crippen molar-refractivity contribution in [2.45, 2.75) is 26.1 Å². The number of halogens is 1. The zero-order chi connectivity index (χ0) is 28.4. The third-order valence-electron chi connectivity index (χ3n) is 5.69. The van der Waals surface area contributed by atoms with E-state index in [0.717, 1.165) is 19.6 Å². The molecule has 0 saturated heterocycles. The highest BCUT2D eigenvalue weighted by Crippen LogP contribution is 2.15. The van der Waals surface area contributed by atoms with Crippen LogP contribution in [0.15, 0.2) is 60.9 Å². The number of carbonyl (C=O) groups excluding carboxylic acids is 1. The van der Waals surface area contributed by atoms with Gasteiger partial charge in [-0.2, -0.15) is 0 Å². The number of nitrogens with one attached hydrogen (secondary N) is 1. The van der Waals surface area contributed by atoms with Crippen LogP contribution in [-0.4, -0.2) is 75.5 Å². The Bertz CT molecular complexity index is 1340. The number of amides is 1. The number of benzene rings is 2. The van der Waals surface area contributed by atoms with Gasteiger partial charge in [-0.3, -0.25) is 24.0 Å². The van der Waals surface area contributed by atoms with E-state index in [1.807, 2.05) is 36.4 Å². The number of carboxylic acids is 2. The minimum absolute atomic E-state index is 0.246. The Morgan fingerprint density at radius 2 is 1.54 bits per heavy atom. The van der Waals surface area contributed by atoms with Crippen LogP contribution in [0.3, 0.4) is 0 Å². The summed E-state index contributed by atoms with van der Waals surface area (Å²) in [7, 11) is -2.74. The van der Waals surface area contributed by atoms with Gasteiger partial charge in [0.15, 0.2) is 0 Å². The van der Waals surface area contributed by atoms with Crippen molar-refractivity contribution in [1.29, 1.82) is 0 Å². The Kier molecular flexibility index (Phi) is 11.2. The summed E-state index contributed by atoms with van der Waals surface area (Å²) in [5, 5.41) is 18.1. The highest BCUT2D eigenvalue weighted by Gasteiger charge is 2.21. The molecule has 1 heterocycles. The summed E-state index contributed by atoms with van der Waals surface area (Å²) in [4.78, 5) is 42.3. The Balaban J connectivity index is 1.74. The quantitative estimate of drug-likeness (QED) is 0.139. The van der Waals surface area contributed by atoms with Crippen LogP contribution in [0, 0.1) is 3.57 Å². The van der Waals surface area contributed by atoms with Crippen LogP contribution in [0.25, 0.3) is 0 Å². The molecule has 1 aromatic heterocycles. The van der Waals surface area contributed by atoms with Crippen molar-refractivity contribution >= 4 is 57.0 Å². The second kappa shape index (κ2) is 14.6. The predicted octanol–water partition coefficient (Wildman–Crippen LogP) is 1.67. The number of hydrogen-bond acceptors (Lipinski definition) is 7. The van der Waals surface area contributed by atoms with Gasteiger partial charge in [0.1, 0.15) is 25.5 Å². The fourth-order valence-corrected chi connectivity index (χ4v) is 4.56. The molecule has 0 unspecified atom stereocenters. The zero-order valence-electron chi connectivity index (χ0n) is 20.8. The summed E-state index contributed by atoms with van der Waals surface area (Å²) in [5.41, 5.74) is 2.57. The number of rotatable bonds is 15. The summed E-state index contributed by atoms with van der Waals surface area (Å²) in [6, 6.07) is 15.2. The lowest BCUT2D eigenvalue weighted by molar-refractivity contribution is -0.149. The molecule has 1 amide bonds. The first-order chi connectivity index (χ1) is 18.6. The summed E-state index contributed by atoms with van der Waals surface area (Å²) in [6.45, 7) is -0.0801. The van der Waals surface area contributed by atoms with E-state index in [1.165, 1.54) is 6.20 Å². The SMILES string of the molecule is O=C(O)CN(CC(=O)O)C(=O)Cn1ccnc1CN(CCc1ccc(N[SH](=O)=O)cc1)Cc1ccc(I)cc1. The predicted molar refractivity (Wildman–Crippen MR) is 151 cm³/mol. The first kappa shape index (κ1) is 30.0. The molecule has 3 aromatic rings. The van der Waals surface area contributed by atoms with E-state index in [4.69, 9.17) is 10.2 Å². The number of hydrogen-bond donors (Lipinski definition) is 4. The molecule has 0 fully saturated rings. The number of anilines is 1. The van der Waals surface area contributed by atoms with Crippen LogP contribution in [0.1, 0.15) is 17.0 Å². The van der Waals surface area contributed by atoms with Gasteiger partial charge in [0, 0.05) is 34.7 Å². The number of carbonyl (C=O) groups is 3. The molecule has 3 rings (SSSR count). The molecule has 0 bridgehead atoms. The second-order valence-electron chi connectivity index (χ2n) is 8.66. The zero-order valence-corrected chi connectivity index (χ0v) is 23.8. The number of nitrogens with zero attached hydrogens (tertiary/aromatic N) is 4. The summed E-state index contributed by atoms with van der Waals surface area (Å²) in [5.74, 6) is -2.68. The fraction of sp³-hybridized carbons (Fsp3) is 0.280. The molecular formula is C25H28IN5O7S. The maximum Gasteiger partial charge on any atom is 0.323 e. The molecule has 14 heteroatoms. The minimum atomic E-state index is -2.74. The number of carboxylic acid groups (broad SMARTS) is 2. The van der Waals surface area contributed by atoms with Crippen LogP contribution < -0.4 is 4.72 Å². The molecule has 39 heavy (non-hydrogen) atoms. The van der Waals surface area contributed by atoms with Gasteiger partial charge in [0.25, 0.3) is 0 Å². The largest absolute Gasteiger partial charge is 0.480 e. The standard InChI is InChI=1S/C25H28IN5O7S/c26-20-5-1-19(2-6-20)13-29(11-9-18-3-7-21(8-4-18)28-39(37)38)14-22-27-10-12-30(22)15-23(32)31(16-24(33)34)17-25(35)36/h1-8,10,12,39H,9,11,13-17H2,(H,33,34)(H,35,36)(H,28,37,38). The van der Waals surface area contributed by atoms with Crippen LogP contribution in [0.4, 0.5) is 5.69 Å². The Morgan fingerprint density at radius 3 is 2.13 bits per heavy atom. The van der Waals surface area contributed by atoms with Gasteiger partial charge >= 0.3 is 11.9 Å².